The molecule has 4 nitrogen and oxygen atoms in total. The fourth-order valence-corrected chi connectivity index (χ4v) is 2.46. The molecular weight excluding hydrogens is 308 g/mol. The van der Waals surface area contributed by atoms with Gasteiger partial charge in [-0.3, -0.25) is 0 Å². The molecule has 0 aliphatic carbocycles. The molecule has 1 atom stereocenters. The lowest BCUT2D eigenvalue weighted by atomic mass is 10.3. The normalized spacial score (nSPS) is 18.7. The van der Waals surface area contributed by atoms with Gasteiger partial charge in [0.1, 0.15) is 11.9 Å². The average Bonchev–Trinajstić information content (AvgIpc) is 2.76. The predicted molar refractivity (Wildman–Crippen MR) is 78.4 cm³/mol. The molecule has 5 heteroatoms. The number of nitrogens with zero attached hydrogens (tertiary/aromatic N) is 1. The van der Waals surface area contributed by atoms with E-state index in [1.807, 2.05) is 43.0 Å². The number of halogens is 1. The Balaban J connectivity index is 1.87. The number of benzene rings is 1. The van der Waals surface area contributed by atoms with Gasteiger partial charge in [-0.05, 0) is 32.0 Å². The molecule has 1 aromatic rings. The Morgan fingerprint density at radius 2 is 2.32 bits per heavy atom. The molecule has 0 spiro atoms. The Labute approximate surface area is 122 Å². The SMILES string of the molecule is CC(C)NC(=O)N1CCC(Oc2cccc(Br)c2)C1. The third-order valence-corrected chi connectivity index (χ3v) is 3.44. The maximum atomic E-state index is 11.9. The van der Waals surface area contributed by atoms with E-state index in [0.29, 0.717) is 6.54 Å². The molecule has 2 amide bonds. The number of urea groups is 1. The van der Waals surface area contributed by atoms with Gasteiger partial charge in [-0.25, -0.2) is 4.79 Å². The Hall–Kier alpha value is -1.23. The standard InChI is InChI=1S/C14H19BrN2O2/c1-10(2)16-14(18)17-7-6-13(9-17)19-12-5-3-4-11(15)8-12/h3-5,8,10,13H,6-7,9H2,1-2H3,(H,16,18). The summed E-state index contributed by atoms with van der Waals surface area (Å²) in [6, 6.07) is 7.94. The molecule has 1 saturated heterocycles. The molecule has 1 unspecified atom stereocenters. The number of hydrogen-bond donors (Lipinski definition) is 1. The van der Waals surface area contributed by atoms with Crippen LogP contribution in [0.3, 0.4) is 0 Å². The van der Waals surface area contributed by atoms with Crippen LogP contribution in [0.2, 0.25) is 0 Å². The summed E-state index contributed by atoms with van der Waals surface area (Å²) in [6.07, 6.45) is 0.949. The first-order valence-corrected chi connectivity index (χ1v) is 7.31. The highest BCUT2D eigenvalue weighted by molar-refractivity contribution is 9.10. The first-order valence-electron chi connectivity index (χ1n) is 6.52. The fourth-order valence-electron chi connectivity index (χ4n) is 2.08. The van der Waals surface area contributed by atoms with E-state index in [2.05, 4.69) is 21.2 Å². The van der Waals surface area contributed by atoms with Crippen LogP contribution in [0.15, 0.2) is 28.7 Å². The van der Waals surface area contributed by atoms with Gasteiger partial charge in [0.25, 0.3) is 0 Å². The van der Waals surface area contributed by atoms with Gasteiger partial charge in [0.05, 0.1) is 6.54 Å². The molecule has 1 heterocycles. The lowest BCUT2D eigenvalue weighted by Crippen LogP contribution is -2.42. The number of carbonyl (C=O) groups is 1. The van der Waals surface area contributed by atoms with Gasteiger partial charge in [-0.2, -0.15) is 0 Å². The Morgan fingerprint density at radius 1 is 1.53 bits per heavy atom. The van der Waals surface area contributed by atoms with E-state index in [-0.39, 0.29) is 18.2 Å². The van der Waals surface area contributed by atoms with E-state index in [9.17, 15) is 4.79 Å². The fraction of sp³-hybridized carbons (Fsp3) is 0.500. The summed E-state index contributed by atoms with van der Waals surface area (Å²) in [5.74, 6) is 0.838. The van der Waals surface area contributed by atoms with Gasteiger partial charge in [-0.15, -0.1) is 0 Å². The Morgan fingerprint density at radius 3 is 3.00 bits per heavy atom. The molecule has 1 aliphatic heterocycles. The largest absolute Gasteiger partial charge is 0.488 e. The second kappa shape index (κ2) is 6.28. The zero-order valence-electron chi connectivity index (χ0n) is 11.2. The van der Waals surface area contributed by atoms with Crippen molar-refractivity contribution in [1.82, 2.24) is 10.2 Å². The maximum absolute atomic E-state index is 11.9. The molecule has 0 aromatic heterocycles. The van der Waals surface area contributed by atoms with Crippen molar-refractivity contribution in [2.45, 2.75) is 32.4 Å². The maximum Gasteiger partial charge on any atom is 0.317 e. The first kappa shape index (κ1) is 14.2. The number of amides is 2. The Kier molecular flexibility index (Phi) is 4.69. The molecule has 1 aliphatic rings. The van der Waals surface area contributed by atoms with Crippen LogP contribution in [0, 0.1) is 0 Å². The van der Waals surface area contributed by atoms with Crippen LogP contribution >= 0.6 is 15.9 Å². The van der Waals surface area contributed by atoms with E-state index < -0.39 is 0 Å². The molecule has 1 aromatic carbocycles. The van der Waals surface area contributed by atoms with Crippen LogP contribution < -0.4 is 10.1 Å². The highest BCUT2D eigenvalue weighted by Crippen LogP contribution is 2.22. The van der Waals surface area contributed by atoms with Crippen LogP contribution in [0.1, 0.15) is 20.3 Å². The summed E-state index contributed by atoms with van der Waals surface area (Å²) < 4.78 is 6.89. The minimum Gasteiger partial charge on any atom is -0.488 e. The van der Waals surface area contributed by atoms with E-state index in [4.69, 9.17) is 4.74 Å². The summed E-state index contributed by atoms with van der Waals surface area (Å²) in [5.41, 5.74) is 0. The topological polar surface area (TPSA) is 41.6 Å². The van der Waals surface area contributed by atoms with Crippen molar-refractivity contribution in [3.63, 3.8) is 0 Å². The molecule has 2 rings (SSSR count). The minimum absolute atomic E-state index is 0.00431. The minimum atomic E-state index is -0.00431. The summed E-state index contributed by atoms with van der Waals surface area (Å²) in [6.45, 7) is 5.31. The molecule has 19 heavy (non-hydrogen) atoms. The van der Waals surface area contributed by atoms with Crippen LogP contribution in [-0.2, 0) is 0 Å². The molecule has 1 N–H and O–H groups in total. The second-order valence-corrected chi connectivity index (χ2v) is 5.95. The van der Waals surface area contributed by atoms with Crippen LogP contribution in [0.4, 0.5) is 4.79 Å². The summed E-state index contributed by atoms with van der Waals surface area (Å²) in [5, 5.41) is 2.90. The predicted octanol–water partition coefficient (Wildman–Crippen LogP) is 3.02. The monoisotopic (exact) mass is 326 g/mol. The van der Waals surface area contributed by atoms with Crippen molar-refractivity contribution in [1.29, 1.82) is 0 Å². The first-order chi connectivity index (χ1) is 9.04. The lowest BCUT2D eigenvalue weighted by Gasteiger charge is -2.19. The third-order valence-electron chi connectivity index (χ3n) is 2.94. The van der Waals surface area contributed by atoms with Gasteiger partial charge in [0.2, 0.25) is 0 Å². The number of likely N-dealkylation sites (tertiary alicyclic amines) is 1. The molecule has 104 valence electrons. The lowest BCUT2D eigenvalue weighted by molar-refractivity contribution is 0.185. The average molecular weight is 327 g/mol. The smallest absolute Gasteiger partial charge is 0.317 e. The molecule has 1 fully saturated rings. The number of carbonyl (C=O) groups excluding carboxylic acids is 1. The summed E-state index contributed by atoms with van der Waals surface area (Å²) in [4.78, 5) is 13.7. The van der Waals surface area contributed by atoms with E-state index in [0.717, 1.165) is 23.2 Å². The van der Waals surface area contributed by atoms with Crippen LogP contribution in [-0.4, -0.2) is 36.2 Å². The van der Waals surface area contributed by atoms with Crippen molar-refractivity contribution in [2.24, 2.45) is 0 Å². The van der Waals surface area contributed by atoms with Gasteiger partial charge >= 0.3 is 6.03 Å². The van der Waals surface area contributed by atoms with Gasteiger partial charge in [-0.1, -0.05) is 22.0 Å². The highest BCUT2D eigenvalue weighted by Gasteiger charge is 2.27. The zero-order valence-corrected chi connectivity index (χ0v) is 12.8. The van der Waals surface area contributed by atoms with Gasteiger partial charge < -0.3 is 15.0 Å². The van der Waals surface area contributed by atoms with Crippen molar-refractivity contribution in [3.8, 4) is 5.75 Å². The van der Waals surface area contributed by atoms with Crippen molar-refractivity contribution in [3.05, 3.63) is 28.7 Å². The van der Waals surface area contributed by atoms with E-state index >= 15 is 0 Å². The third kappa shape index (κ3) is 4.13. The second-order valence-electron chi connectivity index (χ2n) is 5.04. The molecule has 0 radical (unpaired) electrons. The van der Waals surface area contributed by atoms with E-state index in [1.54, 1.807) is 0 Å². The molecule has 0 bridgehead atoms. The van der Waals surface area contributed by atoms with Crippen molar-refractivity contribution < 1.29 is 9.53 Å². The van der Waals surface area contributed by atoms with Gasteiger partial charge in [0, 0.05) is 23.5 Å². The molecular formula is C14H19BrN2O2. The summed E-state index contributed by atoms with van der Waals surface area (Å²) in [7, 11) is 0. The number of hydrogen-bond acceptors (Lipinski definition) is 2. The van der Waals surface area contributed by atoms with E-state index in [1.165, 1.54) is 0 Å². The quantitative estimate of drug-likeness (QED) is 0.927. The van der Waals surface area contributed by atoms with Crippen molar-refractivity contribution >= 4 is 22.0 Å². The number of rotatable bonds is 3. The van der Waals surface area contributed by atoms with Crippen LogP contribution in [0.5, 0.6) is 5.75 Å². The van der Waals surface area contributed by atoms with Crippen LogP contribution in [0.25, 0.3) is 0 Å². The zero-order chi connectivity index (χ0) is 13.8. The van der Waals surface area contributed by atoms with Gasteiger partial charge in [0.15, 0.2) is 0 Å². The highest BCUT2D eigenvalue weighted by atomic mass is 79.9. The molecule has 0 saturated carbocycles. The Bertz CT molecular complexity index is 451. The summed E-state index contributed by atoms with van der Waals surface area (Å²) >= 11 is 3.42. The number of nitrogens with one attached hydrogen (secondary N) is 1. The van der Waals surface area contributed by atoms with Crippen molar-refractivity contribution in [2.75, 3.05) is 13.1 Å². The number of ether oxygens (including phenoxy) is 1.